The molecule has 0 aliphatic heterocycles. The highest BCUT2D eigenvalue weighted by Crippen LogP contribution is 2.39. The lowest BCUT2D eigenvalue weighted by Crippen LogP contribution is -2.27. The van der Waals surface area contributed by atoms with Crippen LogP contribution < -0.4 is 5.56 Å². The van der Waals surface area contributed by atoms with Gasteiger partial charge in [-0.2, -0.15) is 5.26 Å². The molecule has 2 heterocycles. The summed E-state index contributed by atoms with van der Waals surface area (Å²) in [7, 11) is 0. The summed E-state index contributed by atoms with van der Waals surface area (Å²) in [4.78, 5) is 19.3. The molecule has 29 heavy (non-hydrogen) atoms. The second-order valence-corrected chi connectivity index (χ2v) is 7.81. The Bertz CT molecular complexity index is 1150. The Morgan fingerprint density at radius 3 is 2.72 bits per heavy atom. The number of benzene rings is 1. The number of hydrogen-bond acceptors (Lipinski definition) is 3. The Kier molecular flexibility index (Phi) is 5.14. The Morgan fingerprint density at radius 2 is 1.97 bits per heavy atom. The maximum atomic E-state index is 11.7. The van der Waals surface area contributed by atoms with E-state index in [0.717, 1.165) is 28.9 Å². The summed E-state index contributed by atoms with van der Waals surface area (Å²) in [5, 5.41) is 9.30. The highest BCUT2D eigenvalue weighted by Gasteiger charge is 2.30. The van der Waals surface area contributed by atoms with Gasteiger partial charge in [0.2, 0.25) is 5.56 Å². The van der Waals surface area contributed by atoms with Gasteiger partial charge in [-0.25, -0.2) is 0 Å². The average Bonchev–Trinajstić information content (AvgIpc) is 2.74. The molecule has 0 amide bonds. The molecular weight excluding hydrogens is 358 g/mol. The smallest absolute Gasteiger partial charge is 0.248 e. The molecule has 4 rings (SSSR count). The van der Waals surface area contributed by atoms with Crippen molar-refractivity contribution in [3.8, 4) is 17.2 Å². The number of aromatic amines is 1. The van der Waals surface area contributed by atoms with Crippen LogP contribution in [0.15, 0.2) is 65.6 Å². The normalized spacial score (nSPS) is 20.9. The van der Waals surface area contributed by atoms with Crippen molar-refractivity contribution in [1.29, 1.82) is 5.26 Å². The zero-order valence-electron chi connectivity index (χ0n) is 16.6. The van der Waals surface area contributed by atoms with E-state index in [0.29, 0.717) is 17.4 Å². The first kappa shape index (κ1) is 18.9. The molecule has 0 fully saturated rings. The van der Waals surface area contributed by atoms with E-state index in [2.05, 4.69) is 36.0 Å². The van der Waals surface area contributed by atoms with Gasteiger partial charge in [-0.1, -0.05) is 50.3 Å². The van der Waals surface area contributed by atoms with E-state index in [1.807, 2.05) is 54.7 Å². The standard InChI is InChI=1S/C25H23N3O/c1-16-13-24-23(11-12-25(29)28-24)21(17(16)2)10-9-20-8-7-19(15-27-20)22-6-4-3-5-18(22)14-26/h3-12,15-17,21H,13H2,1-2H3,(H,28,29)/b10-9+/t16-,17+,21?/m0/s1. The molecule has 0 radical (unpaired) electrons. The molecule has 3 atom stereocenters. The first-order valence-electron chi connectivity index (χ1n) is 9.92. The van der Waals surface area contributed by atoms with Crippen molar-refractivity contribution in [3.63, 3.8) is 0 Å². The molecule has 144 valence electrons. The molecule has 0 bridgehead atoms. The van der Waals surface area contributed by atoms with E-state index in [1.54, 1.807) is 6.07 Å². The molecule has 3 aromatic rings. The number of nitriles is 1. The quantitative estimate of drug-likeness (QED) is 0.699. The number of nitrogens with zero attached hydrogens (tertiary/aromatic N) is 2. The summed E-state index contributed by atoms with van der Waals surface area (Å²) in [6.45, 7) is 4.50. The number of allylic oxidation sites excluding steroid dienone is 1. The molecule has 2 aromatic heterocycles. The zero-order valence-corrected chi connectivity index (χ0v) is 16.6. The van der Waals surface area contributed by atoms with Crippen LogP contribution in [0, 0.1) is 23.2 Å². The van der Waals surface area contributed by atoms with Crippen molar-refractivity contribution in [3.05, 3.63) is 93.7 Å². The molecule has 0 saturated carbocycles. The predicted octanol–water partition coefficient (Wildman–Crippen LogP) is 4.93. The van der Waals surface area contributed by atoms with Crippen molar-refractivity contribution in [2.75, 3.05) is 0 Å². The lowest BCUT2D eigenvalue weighted by atomic mass is 9.72. The third-order valence-corrected chi connectivity index (χ3v) is 6.01. The predicted molar refractivity (Wildman–Crippen MR) is 115 cm³/mol. The molecular formula is C25H23N3O. The minimum absolute atomic E-state index is 0.0388. The van der Waals surface area contributed by atoms with Gasteiger partial charge in [0.1, 0.15) is 0 Å². The fraction of sp³-hybridized carbons (Fsp3) is 0.240. The third kappa shape index (κ3) is 3.77. The van der Waals surface area contributed by atoms with Gasteiger partial charge < -0.3 is 4.98 Å². The first-order chi connectivity index (χ1) is 14.1. The lowest BCUT2D eigenvalue weighted by molar-refractivity contribution is 0.327. The van der Waals surface area contributed by atoms with Gasteiger partial charge in [0.25, 0.3) is 0 Å². The average molecular weight is 381 g/mol. The number of aromatic nitrogens is 2. The summed E-state index contributed by atoms with van der Waals surface area (Å²) in [6.07, 6.45) is 6.97. The topological polar surface area (TPSA) is 69.5 Å². The molecule has 0 spiro atoms. The van der Waals surface area contributed by atoms with Crippen LogP contribution in [-0.2, 0) is 6.42 Å². The Hall–Kier alpha value is -3.45. The van der Waals surface area contributed by atoms with Crippen molar-refractivity contribution in [2.24, 2.45) is 11.8 Å². The maximum absolute atomic E-state index is 11.7. The van der Waals surface area contributed by atoms with Crippen molar-refractivity contribution in [1.82, 2.24) is 9.97 Å². The largest absolute Gasteiger partial charge is 0.326 e. The number of nitrogens with one attached hydrogen (secondary N) is 1. The van der Waals surface area contributed by atoms with Crippen molar-refractivity contribution < 1.29 is 0 Å². The van der Waals surface area contributed by atoms with Crippen LogP contribution in [0.2, 0.25) is 0 Å². The summed E-state index contributed by atoms with van der Waals surface area (Å²) in [5.41, 5.74) is 5.56. The Labute approximate surface area is 170 Å². The van der Waals surface area contributed by atoms with E-state index >= 15 is 0 Å². The van der Waals surface area contributed by atoms with Crippen LogP contribution in [0.4, 0.5) is 0 Å². The van der Waals surface area contributed by atoms with Crippen LogP contribution in [-0.4, -0.2) is 9.97 Å². The van der Waals surface area contributed by atoms with E-state index in [-0.39, 0.29) is 11.5 Å². The van der Waals surface area contributed by atoms with E-state index in [9.17, 15) is 10.1 Å². The van der Waals surface area contributed by atoms with Crippen LogP contribution in [0.5, 0.6) is 0 Å². The molecule has 0 saturated heterocycles. The first-order valence-corrected chi connectivity index (χ1v) is 9.92. The fourth-order valence-corrected chi connectivity index (χ4v) is 4.13. The monoisotopic (exact) mass is 381 g/mol. The highest BCUT2D eigenvalue weighted by atomic mass is 16.1. The van der Waals surface area contributed by atoms with Gasteiger partial charge in [0, 0.05) is 35.0 Å². The van der Waals surface area contributed by atoms with Gasteiger partial charge in [0.05, 0.1) is 17.3 Å². The Morgan fingerprint density at radius 1 is 1.14 bits per heavy atom. The molecule has 1 aliphatic rings. The molecule has 4 nitrogen and oxygen atoms in total. The zero-order chi connectivity index (χ0) is 20.4. The number of fused-ring (bicyclic) bond motifs is 1. The fourth-order valence-electron chi connectivity index (χ4n) is 4.13. The van der Waals surface area contributed by atoms with Gasteiger partial charge in [-0.3, -0.25) is 9.78 Å². The second kappa shape index (κ2) is 7.89. The SMILES string of the molecule is C[C@H]1Cc2[nH]c(=O)ccc2C(/C=C/c2ccc(-c3ccccc3C#N)cn2)[C@@H]1C. The van der Waals surface area contributed by atoms with Gasteiger partial charge in [0.15, 0.2) is 0 Å². The van der Waals surface area contributed by atoms with E-state index in [1.165, 1.54) is 5.56 Å². The van der Waals surface area contributed by atoms with Crippen LogP contribution in [0.3, 0.4) is 0 Å². The molecule has 1 aromatic carbocycles. The number of H-pyrrole nitrogens is 1. The summed E-state index contributed by atoms with van der Waals surface area (Å²) >= 11 is 0. The van der Waals surface area contributed by atoms with E-state index < -0.39 is 0 Å². The molecule has 4 heteroatoms. The molecule has 1 N–H and O–H groups in total. The summed E-state index contributed by atoms with van der Waals surface area (Å²) in [5.74, 6) is 1.21. The van der Waals surface area contributed by atoms with Crippen LogP contribution in [0.1, 0.15) is 42.3 Å². The number of rotatable bonds is 3. The summed E-state index contributed by atoms with van der Waals surface area (Å²) in [6, 6.07) is 17.3. The summed E-state index contributed by atoms with van der Waals surface area (Å²) < 4.78 is 0. The second-order valence-electron chi connectivity index (χ2n) is 7.81. The highest BCUT2D eigenvalue weighted by molar-refractivity contribution is 5.70. The van der Waals surface area contributed by atoms with Crippen LogP contribution >= 0.6 is 0 Å². The Balaban J connectivity index is 1.61. The minimum atomic E-state index is -0.0388. The van der Waals surface area contributed by atoms with Crippen LogP contribution in [0.25, 0.3) is 17.2 Å². The lowest BCUT2D eigenvalue weighted by Gasteiger charge is -2.34. The van der Waals surface area contributed by atoms with Gasteiger partial charge >= 0.3 is 0 Å². The minimum Gasteiger partial charge on any atom is -0.326 e. The van der Waals surface area contributed by atoms with Crippen molar-refractivity contribution >= 4 is 6.08 Å². The maximum Gasteiger partial charge on any atom is 0.248 e. The third-order valence-electron chi connectivity index (χ3n) is 6.01. The van der Waals surface area contributed by atoms with E-state index in [4.69, 9.17) is 0 Å². The van der Waals surface area contributed by atoms with Crippen molar-refractivity contribution in [2.45, 2.75) is 26.2 Å². The van der Waals surface area contributed by atoms with Gasteiger partial charge in [-0.15, -0.1) is 0 Å². The van der Waals surface area contributed by atoms with Gasteiger partial charge in [-0.05, 0) is 42.0 Å². The number of hydrogen-bond donors (Lipinski definition) is 1. The molecule has 1 aliphatic carbocycles. The molecule has 1 unspecified atom stereocenters. The number of pyridine rings is 2.